The van der Waals surface area contributed by atoms with Crippen molar-refractivity contribution in [3.8, 4) is 0 Å². The van der Waals surface area contributed by atoms with Crippen LogP contribution < -0.4 is 38.6 Å². The molecule has 25 heavy (non-hydrogen) atoms. The van der Waals surface area contributed by atoms with E-state index in [0.717, 1.165) is 52.1 Å². The summed E-state index contributed by atoms with van der Waals surface area (Å²) >= 11 is 0. The Morgan fingerprint density at radius 2 is 0.960 bits per heavy atom. The molecule has 1 heterocycles. The van der Waals surface area contributed by atoms with E-state index < -0.39 is 20.5 Å². The standard InChI is InChI=1S/C10H20N4.2ClHO4.Ni/c1-3-11-7-9-13-5-2-6-14-10-8-12-4-1;2*2-1(3,4)5;/h3,5,12,14H,1-2,4,6-10H2;2*(H,2,3,4,5);. The van der Waals surface area contributed by atoms with Gasteiger partial charge in [-0.05, 0) is 12.8 Å². The Morgan fingerprint density at radius 3 is 1.24 bits per heavy atom. The third-order valence-electron chi connectivity index (χ3n) is 2.00. The zero-order chi connectivity index (χ0) is 18.9. The smallest absolute Gasteiger partial charge is 0.0777 e. The van der Waals surface area contributed by atoms with Gasteiger partial charge in [0.15, 0.2) is 0 Å². The minimum atomic E-state index is -4.69. The van der Waals surface area contributed by atoms with Gasteiger partial charge in [-0.2, -0.15) is 28.0 Å². The van der Waals surface area contributed by atoms with Crippen LogP contribution in [0.5, 0.6) is 0 Å². The second-order valence-corrected chi connectivity index (χ2v) is 5.63. The van der Waals surface area contributed by atoms with Crippen LogP contribution in [0.2, 0.25) is 0 Å². The first-order valence-corrected chi connectivity index (χ1v) is 9.17. The topological polar surface area (TPSA) is 228 Å². The van der Waals surface area contributed by atoms with E-state index in [0.29, 0.717) is 0 Å². The number of aliphatic imine (C=N–C) groups is 2. The van der Waals surface area contributed by atoms with Gasteiger partial charge in [-0.15, -0.1) is 0 Å². The fraction of sp³-hybridized carbons (Fsp3) is 0.800. The van der Waals surface area contributed by atoms with Crippen molar-refractivity contribution in [2.75, 3.05) is 39.3 Å². The average Bonchev–Trinajstić information content (AvgIpc) is 2.38. The summed E-state index contributed by atoms with van der Waals surface area (Å²) in [7, 11) is -9.39. The quantitative estimate of drug-likeness (QED) is 0.252. The van der Waals surface area contributed by atoms with E-state index in [2.05, 4.69) is 20.6 Å². The monoisotopic (exact) mass is 454 g/mol. The molecule has 1 rings (SSSR count). The molecule has 0 saturated carbocycles. The molecule has 0 aliphatic carbocycles. The van der Waals surface area contributed by atoms with E-state index in [1.165, 1.54) is 0 Å². The fourth-order valence-corrected chi connectivity index (χ4v) is 1.24. The molecule has 1 aliphatic heterocycles. The number of hydrogen-bond donors (Lipinski definition) is 4. The fourth-order valence-electron chi connectivity index (χ4n) is 1.24. The zero-order valence-electron chi connectivity index (χ0n) is 13.1. The summed E-state index contributed by atoms with van der Waals surface area (Å²) in [6.07, 6.45) is 6.01. The van der Waals surface area contributed by atoms with Crippen LogP contribution in [0.25, 0.3) is 0 Å². The van der Waals surface area contributed by atoms with Crippen LogP contribution in [0.15, 0.2) is 9.98 Å². The number of nitrogens with zero attached hydrogens (tertiary/aromatic N) is 2. The predicted octanol–water partition coefficient (Wildman–Crippen LogP) is -8.15. The van der Waals surface area contributed by atoms with Crippen molar-refractivity contribution in [2.45, 2.75) is 12.8 Å². The Morgan fingerprint density at radius 1 is 0.680 bits per heavy atom. The Hall–Kier alpha value is 0.0135. The molecule has 154 valence electrons. The van der Waals surface area contributed by atoms with Gasteiger partial charge in [-0.25, -0.2) is 0 Å². The van der Waals surface area contributed by atoms with Crippen molar-refractivity contribution in [2.24, 2.45) is 9.98 Å². The molecule has 0 amide bonds. The molecular formula is C10H22Cl2N4NiO8. The molecule has 0 saturated heterocycles. The van der Waals surface area contributed by atoms with Crippen LogP contribution in [0.4, 0.5) is 0 Å². The van der Waals surface area contributed by atoms with Gasteiger partial charge in [0, 0.05) is 55.1 Å². The first-order valence-electron chi connectivity index (χ1n) is 6.64. The van der Waals surface area contributed by atoms with Gasteiger partial charge in [0.25, 0.3) is 0 Å². The normalized spacial score (nSPS) is 17.0. The van der Waals surface area contributed by atoms with Gasteiger partial charge in [0.1, 0.15) is 0 Å². The number of hydrogen-bond acceptors (Lipinski definition) is 12. The van der Waals surface area contributed by atoms with Crippen molar-refractivity contribution in [3.63, 3.8) is 0 Å². The third-order valence-corrected chi connectivity index (χ3v) is 2.00. The van der Waals surface area contributed by atoms with Crippen LogP contribution in [-0.2, 0) is 16.5 Å². The maximum absolute atomic E-state index is 8.60. The molecule has 12 nitrogen and oxygen atoms in total. The van der Waals surface area contributed by atoms with Crippen LogP contribution in [-0.4, -0.2) is 61.0 Å². The van der Waals surface area contributed by atoms with Crippen molar-refractivity contribution in [1.29, 1.82) is 0 Å². The van der Waals surface area contributed by atoms with E-state index in [4.69, 9.17) is 37.3 Å². The van der Waals surface area contributed by atoms with Gasteiger partial charge in [0.2, 0.25) is 0 Å². The summed E-state index contributed by atoms with van der Waals surface area (Å²) in [6, 6.07) is 0. The third kappa shape index (κ3) is 59.3. The molecule has 1 aliphatic rings. The van der Waals surface area contributed by atoms with E-state index in [1.54, 1.807) is 0 Å². The van der Waals surface area contributed by atoms with E-state index in [-0.39, 0.29) is 16.5 Å². The molecule has 15 heteroatoms. The van der Waals surface area contributed by atoms with Crippen molar-refractivity contribution in [1.82, 2.24) is 10.6 Å². The Bertz CT molecular complexity index is 298. The number of rotatable bonds is 0. The number of halogens is 2. The van der Waals surface area contributed by atoms with E-state index >= 15 is 0 Å². The van der Waals surface area contributed by atoms with Gasteiger partial charge >= 0.3 is 0 Å². The molecule has 0 unspecified atom stereocenters. The molecule has 0 radical (unpaired) electrons. The molecule has 0 bridgehead atoms. The SMILES string of the molecule is C1=NCCN=CCCNCCNCC1.[Ni].[O-][Cl+3]([O-])([O-])O.[O-][Cl+3]([O-])([O-])O. The minimum Gasteiger partial charge on any atom is -0.315 e. The van der Waals surface area contributed by atoms with E-state index in [1.807, 2.05) is 12.4 Å². The van der Waals surface area contributed by atoms with Gasteiger partial charge in [-0.1, -0.05) is 0 Å². The summed E-state index contributed by atoms with van der Waals surface area (Å²) in [5, 5.41) is 6.70. The second-order valence-electron chi connectivity index (χ2n) is 4.05. The van der Waals surface area contributed by atoms with Gasteiger partial charge in [-0.3, -0.25) is 9.98 Å². The molecule has 0 aromatic carbocycles. The first-order chi connectivity index (χ1) is 11.0. The first kappa shape index (κ1) is 29.8. The maximum Gasteiger partial charge on any atom is 0.0777 e. The van der Waals surface area contributed by atoms with Crippen molar-refractivity contribution >= 4 is 12.4 Å². The summed E-state index contributed by atoms with van der Waals surface area (Å²) in [6.45, 7) is 5.76. The largest absolute Gasteiger partial charge is 0.315 e. The molecule has 0 atom stereocenters. The average molecular weight is 456 g/mol. The Balaban J connectivity index is -0.000000368. The molecular weight excluding hydrogens is 434 g/mol. The second kappa shape index (κ2) is 18.8. The Kier molecular flexibility index (Phi) is 22.4. The Labute approximate surface area is 159 Å². The van der Waals surface area contributed by atoms with Crippen LogP contribution in [0, 0.1) is 20.5 Å². The molecule has 4 N–H and O–H groups in total. The zero-order valence-corrected chi connectivity index (χ0v) is 15.6. The molecule has 0 spiro atoms. The predicted molar refractivity (Wildman–Crippen MR) is 66.1 cm³/mol. The number of nitrogens with one attached hydrogen (secondary N) is 2. The summed E-state index contributed by atoms with van der Waals surface area (Å²) in [5.41, 5.74) is 0. The minimum absolute atomic E-state index is 0. The van der Waals surface area contributed by atoms with Crippen LogP contribution in [0.3, 0.4) is 0 Å². The molecule has 0 aromatic rings. The van der Waals surface area contributed by atoms with Crippen LogP contribution >= 0.6 is 0 Å². The van der Waals surface area contributed by atoms with Crippen molar-refractivity contribution in [3.05, 3.63) is 0 Å². The van der Waals surface area contributed by atoms with Gasteiger partial charge in [0.05, 0.1) is 42.9 Å². The van der Waals surface area contributed by atoms with Gasteiger partial charge < -0.3 is 10.6 Å². The summed E-state index contributed by atoms with van der Waals surface area (Å²) in [5.74, 6) is 0. The van der Waals surface area contributed by atoms with E-state index in [9.17, 15) is 0 Å². The molecule has 0 fully saturated rings. The summed E-state index contributed by atoms with van der Waals surface area (Å²) in [4.78, 5) is 8.53. The van der Waals surface area contributed by atoms with Crippen molar-refractivity contribution < 1.29 is 74.2 Å². The summed E-state index contributed by atoms with van der Waals surface area (Å²) < 4.78 is 65.4. The van der Waals surface area contributed by atoms with Crippen LogP contribution in [0.1, 0.15) is 12.8 Å². The molecule has 0 aromatic heterocycles. The maximum atomic E-state index is 8.60.